The van der Waals surface area contributed by atoms with Gasteiger partial charge in [-0.2, -0.15) is 0 Å². The summed E-state index contributed by atoms with van der Waals surface area (Å²) in [7, 11) is 0. The van der Waals surface area contributed by atoms with Gasteiger partial charge in [-0.05, 0) is 12.1 Å². The number of hydrogen-bond donors (Lipinski definition) is 0. The number of hydrogen-bond acceptors (Lipinski definition) is 3. The van der Waals surface area contributed by atoms with Crippen LogP contribution in [0, 0.1) is 0 Å². The minimum atomic E-state index is -4.68. The lowest BCUT2D eigenvalue weighted by Crippen LogP contribution is -2.17. The Labute approximate surface area is 75.9 Å². The Morgan fingerprint density at radius 1 is 1.29 bits per heavy atom. The summed E-state index contributed by atoms with van der Waals surface area (Å²) in [6.45, 7) is 0. The van der Waals surface area contributed by atoms with Crippen LogP contribution in [-0.4, -0.2) is 21.0 Å². The molecule has 0 radical (unpaired) electrons. The van der Waals surface area contributed by atoms with E-state index in [4.69, 9.17) is 0 Å². The summed E-state index contributed by atoms with van der Waals surface area (Å²) in [4.78, 5) is 0. The Kier molecular flexibility index (Phi) is 1.80. The van der Waals surface area contributed by atoms with E-state index in [1.165, 1.54) is 22.9 Å². The molecule has 0 atom stereocenters. The van der Waals surface area contributed by atoms with E-state index < -0.39 is 6.36 Å². The quantitative estimate of drug-likeness (QED) is 0.707. The molecule has 0 aromatic carbocycles. The van der Waals surface area contributed by atoms with E-state index in [2.05, 4.69) is 14.9 Å². The molecule has 4 nitrogen and oxygen atoms in total. The summed E-state index contributed by atoms with van der Waals surface area (Å²) in [6.07, 6.45) is -2.23. The van der Waals surface area contributed by atoms with Crippen LogP contribution in [0.3, 0.4) is 0 Å². The molecule has 0 aliphatic carbocycles. The zero-order chi connectivity index (χ0) is 10.2. The minimum Gasteiger partial charge on any atom is -0.404 e. The van der Waals surface area contributed by atoms with Crippen LogP contribution >= 0.6 is 0 Å². The first-order valence-corrected chi connectivity index (χ1v) is 3.60. The van der Waals surface area contributed by atoms with Crippen LogP contribution in [0.25, 0.3) is 5.65 Å². The van der Waals surface area contributed by atoms with E-state index in [1.54, 1.807) is 0 Å². The highest BCUT2D eigenvalue weighted by Gasteiger charge is 2.31. The molecule has 74 valence electrons. The summed E-state index contributed by atoms with van der Waals surface area (Å²) in [5, 5.41) is 7.15. The van der Waals surface area contributed by atoms with Crippen LogP contribution in [-0.2, 0) is 0 Å². The van der Waals surface area contributed by atoms with Gasteiger partial charge in [0.15, 0.2) is 5.65 Å². The van der Waals surface area contributed by atoms with E-state index in [1.807, 2.05) is 0 Å². The van der Waals surface area contributed by atoms with Gasteiger partial charge in [0.2, 0.25) is 0 Å². The van der Waals surface area contributed by atoms with Crippen molar-refractivity contribution >= 4 is 5.65 Å². The maximum atomic E-state index is 11.8. The molecule has 14 heavy (non-hydrogen) atoms. The first-order chi connectivity index (χ1) is 6.54. The Hall–Kier alpha value is -1.79. The first kappa shape index (κ1) is 8.79. The van der Waals surface area contributed by atoms with Crippen LogP contribution in [0.1, 0.15) is 0 Å². The molecule has 0 saturated carbocycles. The van der Waals surface area contributed by atoms with Crippen molar-refractivity contribution in [2.75, 3.05) is 0 Å². The second-order valence-electron chi connectivity index (χ2n) is 2.51. The molecule has 7 heteroatoms. The zero-order valence-corrected chi connectivity index (χ0v) is 6.69. The maximum Gasteiger partial charge on any atom is 0.573 e. The normalized spacial score (nSPS) is 11.9. The fourth-order valence-corrected chi connectivity index (χ4v) is 1.00. The van der Waals surface area contributed by atoms with Gasteiger partial charge in [0.25, 0.3) is 0 Å². The Morgan fingerprint density at radius 2 is 2.07 bits per heavy atom. The molecule has 0 amide bonds. The van der Waals surface area contributed by atoms with Crippen LogP contribution in [0.4, 0.5) is 13.2 Å². The van der Waals surface area contributed by atoms with Crippen LogP contribution in [0.5, 0.6) is 5.75 Å². The van der Waals surface area contributed by atoms with Crippen LogP contribution in [0.2, 0.25) is 0 Å². The number of halogens is 3. The van der Waals surface area contributed by atoms with E-state index in [9.17, 15) is 13.2 Å². The summed E-state index contributed by atoms with van der Waals surface area (Å²) in [6, 6.07) is 2.56. The standard InChI is InChI=1S/C7H4F3N3O/c8-7(9,10)14-5-1-2-6-12-11-4-13(6)3-5/h1-4H. The van der Waals surface area contributed by atoms with E-state index in [0.29, 0.717) is 5.65 Å². The van der Waals surface area contributed by atoms with Crippen molar-refractivity contribution in [1.82, 2.24) is 14.6 Å². The van der Waals surface area contributed by atoms with E-state index in [0.717, 1.165) is 6.20 Å². The van der Waals surface area contributed by atoms with Gasteiger partial charge >= 0.3 is 6.36 Å². The predicted octanol–water partition coefficient (Wildman–Crippen LogP) is 1.63. The topological polar surface area (TPSA) is 39.4 Å². The molecule has 0 aliphatic rings. The number of ether oxygens (including phenoxy) is 1. The second kappa shape index (κ2) is 2.86. The summed E-state index contributed by atoms with van der Waals surface area (Å²) in [5.41, 5.74) is 0.458. The lowest BCUT2D eigenvalue weighted by Gasteiger charge is -2.08. The van der Waals surface area contributed by atoms with Crippen LogP contribution < -0.4 is 4.74 Å². The molecule has 0 unspecified atom stereocenters. The highest BCUT2D eigenvalue weighted by molar-refractivity contribution is 5.39. The van der Waals surface area contributed by atoms with Gasteiger partial charge in [-0.1, -0.05) is 0 Å². The third-order valence-corrected chi connectivity index (χ3v) is 1.50. The molecule has 2 aromatic rings. The van der Waals surface area contributed by atoms with E-state index >= 15 is 0 Å². The lowest BCUT2D eigenvalue weighted by atomic mass is 10.4. The lowest BCUT2D eigenvalue weighted by molar-refractivity contribution is -0.274. The summed E-state index contributed by atoms with van der Waals surface area (Å²) in [5.74, 6) is -0.301. The molecule has 2 heterocycles. The summed E-state index contributed by atoms with van der Waals surface area (Å²) < 4.78 is 40.5. The molecular weight excluding hydrogens is 199 g/mol. The average molecular weight is 203 g/mol. The van der Waals surface area contributed by atoms with Gasteiger partial charge in [0.1, 0.15) is 12.1 Å². The molecular formula is C7H4F3N3O. The first-order valence-electron chi connectivity index (χ1n) is 3.60. The molecule has 0 bridgehead atoms. The molecule has 0 saturated heterocycles. The van der Waals surface area contributed by atoms with Crippen molar-refractivity contribution in [2.24, 2.45) is 0 Å². The van der Waals surface area contributed by atoms with Gasteiger partial charge in [0.05, 0.1) is 6.20 Å². The Morgan fingerprint density at radius 3 is 2.79 bits per heavy atom. The number of alkyl halides is 3. The molecule has 0 fully saturated rings. The van der Waals surface area contributed by atoms with Gasteiger partial charge in [-0.15, -0.1) is 23.4 Å². The Bertz CT molecular complexity index is 451. The van der Waals surface area contributed by atoms with Crippen molar-refractivity contribution < 1.29 is 17.9 Å². The highest BCUT2D eigenvalue weighted by Crippen LogP contribution is 2.22. The van der Waals surface area contributed by atoms with Crippen molar-refractivity contribution in [2.45, 2.75) is 6.36 Å². The van der Waals surface area contributed by atoms with Gasteiger partial charge < -0.3 is 4.74 Å². The number of nitrogens with zero attached hydrogens (tertiary/aromatic N) is 3. The molecule has 0 N–H and O–H groups in total. The van der Waals surface area contributed by atoms with Crippen LogP contribution in [0.15, 0.2) is 24.7 Å². The maximum absolute atomic E-state index is 11.8. The number of fused-ring (bicyclic) bond motifs is 1. The largest absolute Gasteiger partial charge is 0.573 e. The van der Waals surface area contributed by atoms with Crippen molar-refractivity contribution in [1.29, 1.82) is 0 Å². The van der Waals surface area contributed by atoms with Crippen molar-refractivity contribution in [3.05, 3.63) is 24.7 Å². The fraction of sp³-hybridized carbons (Fsp3) is 0.143. The van der Waals surface area contributed by atoms with E-state index in [-0.39, 0.29) is 5.75 Å². The number of rotatable bonds is 1. The monoisotopic (exact) mass is 203 g/mol. The SMILES string of the molecule is FC(F)(F)Oc1ccc2nncn2c1. The van der Waals surface area contributed by atoms with Crippen molar-refractivity contribution in [3.8, 4) is 5.75 Å². The molecule has 2 rings (SSSR count). The van der Waals surface area contributed by atoms with Gasteiger partial charge in [-0.3, -0.25) is 4.40 Å². The molecule has 0 aliphatic heterocycles. The second-order valence-corrected chi connectivity index (χ2v) is 2.51. The number of aromatic nitrogens is 3. The molecule has 0 spiro atoms. The highest BCUT2D eigenvalue weighted by atomic mass is 19.4. The average Bonchev–Trinajstić information content (AvgIpc) is 2.47. The van der Waals surface area contributed by atoms with Crippen molar-refractivity contribution in [3.63, 3.8) is 0 Å². The van der Waals surface area contributed by atoms with Gasteiger partial charge in [-0.25, -0.2) is 0 Å². The van der Waals surface area contributed by atoms with Gasteiger partial charge in [0, 0.05) is 0 Å². The third kappa shape index (κ3) is 1.76. The fourth-order valence-electron chi connectivity index (χ4n) is 1.00. The minimum absolute atomic E-state index is 0.301. The zero-order valence-electron chi connectivity index (χ0n) is 6.69. The molecule has 2 aromatic heterocycles. The predicted molar refractivity (Wildman–Crippen MR) is 39.7 cm³/mol. The Balaban J connectivity index is 2.35. The number of pyridine rings is 1. The third-order valence-electron chi connectivity index (χ3n) is 1.50. The smallest absolute Gasteiger partial charge is 0.404 e. The summed E-state index contributed by atoms with van der Waals surface area (Å²) >= 11 is 0.